The van der Waals surface area contributed by atoms with Crippen LogP contribution in [0.25, 0.3) is 0 Å². The summed E-state index contributed by atoms with van der Waals surface area (Å²) < 4.78 is 11.2. The van der Waals surface area contributed by atoms with Crippen LogP contribution in [0, 0.1) is 0 Å². The molecule has 0 N–H and O–H groups in total. The molecule has 2 heterocycles. The van der Waals surface area contributed by atoms with Gasteiger partial charge in [0, 0.05) is 19.6 Å². The van der Waals surface area contributed by atoms with Gasteiger partial charge in [-0.15, -0.1) is 6.58 Å². The van der Waals surface area contributed by atoms with E-state index in [1.807, 2.05) is 6.08 Å². The number of allylic oxidation sites excluding steroid dienone is 1. The van der Waals surface area contributed by atoms with Gasteiger partial charge in [0.1, 0.15) is 6.10 Å². The summed E-state index contributed by atoms with van der Waals surface area (Å²) in [7, 11) is 0. The Hall–Kier alpha value is -1.17. The number of morpholine rings is 1. The second-order valence-electron chi connectivity index (χ2n) is 4.70. The molecule has 0 aliphatic carbocycles. The fourth-order valence-corrected chi connectivity index (χ4v) is 2.17. The Labute approximate surface area is 124 Å². The summed E-state index contributed by atoms with van der Waals surface area (Å²) >= 11 is 5.77. The fourth-order valence-electron chi connectivity index (χ4n) is 2.07. The SMILES string of the molecule is C=CCC[C@H](CN1CCOCC1)Oc1ncc(Cl)cn1. The lowest BCUT2D eigenvalue weighted by Crippen LogP contribution is -2.42. The van der Waals surface area contributed by atoms with Gasteiger partial charge in [0.05, 0.1) is 30.6 Å². The molecule has 2 rings (SSSR count). The van der Waals surface area contributed by atoms with Crippen molar-refractivity contribution in [2.45, 2.75) is 18.9 Å². The molecule has 0 bridgehead atoms. The molecular weight excluding hydrogens is 278 g/mol. The van der Waals surface area contributed by atoms with Crippen LogP contribution >= 0.6 is 11.6 Å². The molecule has 1 aromatic heterocycles. The van der Waals surface area contributed by atoms with Gasteiger partial charge >= 0.3 is 6.01 Å². The zero-order chi connectivity index (χ0) is 14.2. The molecule has 20 heavy (non-hydrogen) atoms. The minimum atomic E-state index is 0.0484. The van der Waals surface area contributed by atoms with Crippen molar-refractivity contribution in [3.05, 3.63) is 30.1 Å². The molecule has 5 nitrogen and oxygen atoms in total. The quantitative estimate of drug-likeness (QED) is 0.722. The molecule has 0 amide bonds. The maximum atomic E-state index is 5.86. The Morgan fingerprint density at radius 2 is 2.10 bits per heavy atom. The maximum Gasteiger partial charge on any atom is 0.316 e. The third kappa shape index (κ3) is 5.07. The van der Waals surface area contributed by atoms with Crippen LogP contribution in [-0.2, 0) is 4.74 Å². The van der Waals surface area contributed by atoms with E-state index in [1.165, 1.54) is 0 Å². The van der Waals surface area contributed by atoms with E-state index in [0.717, 1.165) is 45.7 Å². The summed E-state index contributed by atoms with van der Waals surface area (Å²) in [6.45, 7) is 8.06. The van der Waals surface area contributed by atoms with Crippen LogP contribution in [0.4, 0.5) is 0 Å². The molecule has 1 atom stereocenters. The fraction of sp³-hybridized carbons (Fsp3) is 0.571. The first-order valence-electron chi connectivity index (χ1n) is 6.83. The van der Waals surface area contributed by atoms with Gasteiger partial charge in [-0.3, -0.25) is 4.90 Å². The zero-order valence-corrected chi connectivity index (χ0v) is 12.3. The van der Waals surface area contributed by atoms with Crippen molar-refractivity contribution in [2.24, 2.45) is 0 Å². The van der Waals surface area contributed by atoms with Gasteiger partial charge in [-0.05, 0) is 12.8 Å². The van der Waals surface area contributed by atoms with Crippen LogP contribution in [0.3, 0.4) is 0 Å². The van der Waals surface area contributed by atoms with Crippen molar-refractivity contribution in [1.29, 1.82) is 0 Å². The Bertz CT molecular complexity index is 407. The number of ether oxygens (including phenoxy) is 2. The molecule has 1 aliphatic heterocycles. The first-order valence-corrected chi connectivity index (χ1v) is 7.21. The minimum Gasteiger partial charge on any atom is -0.459 e. The van der Waals surface area contributed by atoms with Gasteiger partial charge in [-0.25, -0.2) is 9.97 Å². The van der Waals surface area contributed by atoms with E-state index in [2.05, 4.69) is 21.4 Å². The highest BCUT2D eigenvalue weighted by molar-refractivity contribution is 6.30. The third-order valence-electron chi connectivity index (χ3n) is 3.13. The van der Waals surface area contributed by atoms with E-state index in [1.54, 1.807) is 12.4 Å². The standard InChI is InChI=1S/C14H20ClN3O2/c1-2-3-4-13(11-18-5-7-19-8-6-18)20-14-16-9-12(15)10-17-14/h2,9-10,13H,1,3-8,11H2/t13-/m1/s1. The number of aromatic nitrogens is 2. The number of rotatable bonds is 7. The molecule has 1 fully saturated rings. The summed E-state index contributed by atoms with van der Waals surface area (Å²) in [5.74, 6) is 0. The summed E-state index contributed by atoms with van der Waals surface area (Å²) in [5, 5.41) is 0.508. The number of nitrogens with zero attached hydrogens (tertiary/aromatic N) is 3. The van der Waals surface area contributed by atoms with E-state index in [-0.39, 0.29) is 6.10 Å². The predicted molar refractivity (Wildman–Crippen MR) is 78.1 cm³/mol. The van der Waals surface area contributed by atoms with Gasteiger partial charge in [0.25, 0.3) is 0 Å². The summed E-state index contributed by atoms with van der Waals surface area (Å²) in [6.07, 6.45) is 6.84. The first-order chi connectivity index (χ1) is 9.78. The van der Waals surface area contributed by atoms with Crippen molar-refractivity contribution in [3.63, 3.8) is 0 Å². The van der Waals surface area contributed by atoms with Gasteiger partial charge < -0.3 is 9.47 Å². The number of hydrogen-bond acceptors (Lipinski definition) is 5. The van der Waals surface area contributed by atoms with E-state index in [9.17, 15) is 0 Å². The van der Waals surface area contributed by atoms with Crippen molar-refractivity contribution in [1.82, 2.24) is 14.9 Å². The lowest BCUT2D eigenvalue weighted by Gasteiger charge is -2.30. The van der Waals surface area contributed by atoms with E-state index in [0.29, 0.717) is 11.0 Å². The van der Waals surface area contributed by atoms with Gasteiger partial charge in [0.15, 0.2) is 0 Å². The summed E-state index contributed by atoms with van der Waals surface area (Å²) in [6, 6.07) is 0.372. The molecule has 0 unspecified atom stereocenters. The summed E-state index contributed by atoms with van der Waals surface area (Å²) in [4.78, 5) is 10.5. The Balaban J connectivity index is 1.91. The van der Waals surface area contributed by atoms with Gasteiger partial charge in [0.2, 0.25) is 0 Å². The monoisotopic (exact) mass is 297 g/mol. The summed E-state index contributed by atoms with van der Waals surface area (Å²) in [5.41, 5.74) is 0. The van der Waals surface area contributed by atoms with Crippen LogP contribution < -0.4 is 4.74 Å². The van der Waals surface area contributed by atoms with Crippen molar-refractivity contribution < 1.29 is 9.47 Å². The normalized spacial score (nSPS) is 17.6. The lowest BCUT2D eigenvalue weighted by molar-refractivity contribution is 0.0166. The molecule has 1 aromatic rings. The Kier molecular flexibility index (Phi) is 6.24. The second-order valence-corrected chi connectivity index (χ2v) is 5.14. The third-order valence-corrected chi connectivity index (χ3v) is 3.32. The van der Waals surface area contributed by atoms with Gasteiger partial charge in [-0.2, -0.15) is 0 Å². The largest absolute Gasteiger partial charge is 0.459 e. The van der Waals surface area contributed by atoms with E-state index >= 15 is 0 Å². The van der Waals surface area contributed by atoms with E-state index in [4.69, 9.17) is 21.1 Å². The zero-order valence-electron chi connectivity index (χ0n) is 11.5. The van der Waals surface area contributed by atoms with Gasteiger partial charge in [-0.1, -0.05) is 17.7 Å². The molecule has 0 saturated carbocycles. The molecule has 0 aromatic carbocycles. The van der Waals surface area contributed by atoms with Crippen LogP contribution in [0.5, 0.6) is 6.01 Å². The van der Waals surface area contributed by atoms with Crippen LogP contribution in [0.2, 0.25) is 5.02 Å². The second kappa shape index (κ2) is 8.19. The maximum absolute atomic E-state index is 5.86. The van der Waals surface area contributed by atoms with E-state index < -0.39 is 0 Å². The predicted octanol–water partition coefficient (Wildman–Crippen LogP) is 2.18. The minimum absolute atomic E-state index is 0.0484. The van der Waals surface area contributed by atoms with Crippen molar-refractivity contribution in [2.75, 3.05) is 32.8 Å². The first kappa shape index (κ1) is 15.2. The average molecular weight is 298 g/mol. The molecule has 110 valence electrons. The average Bonchev–Trinajstić information content (AvgIpc) is 2.48. The molecule has 0 spiro atoms. The Morgan fingerprint density at radius 3 is 2.75 bits per heavy atom. The molecule has 6 heteroatoms. The van der Waals surface area contributed by atoms with Crippen molar-refractivity contribution in [3.8, 4) is 6.01 Å². The highest BCUT2D eigenvalue weighted by atomic mass is 35.5. The highest BCUT2D eigenvalue weighted by Gasteiger charge is 2.18. The molecular formula is C14H20ClN3O2. The van der Waals surface area contributed by atoms with Crippen LogP contribution in [-0.4, -0.2) is 53.8 Å². The molecule has 1 saturated heterocycles. The molecule has 0 radical (unpaired) electrons. The smallest absolute Gasteiger partial charge is 0.316 e. The highest BCUT2D eigenvalue weighted by Crippen LogP contribution is 2.13. The number of hydrogen-bond donors (Lipinski definition) is 0. The Morgan fingerprint density at radius 1 is 1.40 bits per heavy atom. The topological polar surface area (TPSA) is 47.5 Å². The number of halogens is 1. The van der Waals surface area contributed by atoms with Crippen molar-refractivity contribution >= 4 is 11.6 Å². The molecule has 1 aliphatic rings. The lowest BCUT2D eigenvalue weighted by atomic mass is 10.2. The van der Waals surface area contributed by atoms with Crippen LogP contribution in [0.15, 0.2) is 25.0 Å². The van der Waals surface area contributed by atoms with Crippen LogP contribution in [0.1, 0.15) is 12.8 Å².